The molecule has 1 saturated heterocycles. The van der Waals surface area contributed by atoms with Crippen molar-refractivity contribution in [2.75, 3.05) is 18.0 Å². The Balaban J connectivity index is 1.90. The Labute approximate surface area is 172 Å². The zero-order chi connectivity index (χ0) is 19.1. The third-order valence-corrected chi connectivity index (χ3v) is 5.96. The van der Waals surface area contributed by atoms with Crippen molar-refractivity contribution in [2.45, 2.75) is 19.3 Å². The second-order valence-electron chi connectivity index (χ2n) is 6.95. The fourth-order valence-electron chi connectivity index (χ4n) is 4.03. The average molecular weight is 413 g/mol. The number of H-pyrrole nitrogens is 1. The number of fused-ring (bicyclic) bond motifs is 1. The molecule has 0 unspecified atom stereocenters. The van der Waals surface area contributed by atoms with E-state index in [2.05, 4.69) is 42.2 Å². The summed E-state index contributed by atoms with van der Waals surface area (Å²) in [6.07, 6.45) is 3.57. The molecule has 2 aromatic heterocycles. The Hall–Kier alpha value is -2.57. The van der Waals surface area contributed by atoms with Crippen molar-refractivity contribution in [1.29, 1.82) is 0 Å². The molecule has 3 heterocycles. The van der Waals surface area contributed by atoms with Gasteiger partial charge in [-0.05, 0) is 54.0 Å². The predicted molar refractivity (Wildman–Crippen MR) is 113 cm³/mol. The number of nitrogens with zero attached hydrogens (tertiary/aromatic N) is 5. The predicted octanol–water partition coefficient (Wildman–Crippen LogP) is 5.11. The van der Waals surface area contributed by atoms with Crippen LogP contribution in [-0.4, -0.2) is 38.3 Å². The molecule has 1 N–H and O–H groups in total. The fourth-order valence-corrected chi connectivity index (χ4v) is 4.35. The van der Waals surface area contributed by atoms with Crippen LogP contribution in [0.3, 0.4) is 0 Å². The quantitative estimate of drug-likeness (QED) is 0.507. The number of benzene rings is 2. The molecule has 0 amide bonds. The molecule has 1 fully saturated rings. The first-order valence-corrected chi connectivity index (χ1v) is 10.1. The third-order valence-electron chi connectivity index (χ3n) is 5.24. The van der Waals surface area contributed by atoms with E-state index in [1.165, 1.54) is 6.42 Å². The lowest BCUT2D eigenvalue weighted by Crippen LogP contribution is -2.29. The molecule has 1 aliphatic rings. The summed E-state index contributed by atoms with van der Waals surface area (Å²) in [6, 6.07) is 14.0. The van der Waals surface area contributed by atoms with Crippen LogP contribution in [0.4, 0.5) is 5.69 Å². The van der Waals surface area contributed by atoms with Crippen LogP contribution in [0.15, 0.2) is 42.5 Å². The molecule has 142 valence electrons. The highest BCUT2D eigenvalue weighted by molar-refractivity contribution is 6.43. The van der Waals surface area contributed by atoms with Crippen LogP contribution < -0.4 is 4.90 Å². The van der Waals surface area contributed by atoms with E-state index in [0.717, 1.165) is 53.9 Å². The molecule has 4 aromatic rings. The zero-order valence-corrected chi connectivity index (χ0v) is 16.6. The standard InChI is InChI=1S/C20H18Cl2N6/c21-15-11-14-17(12-16(15)22)28(13-7-3-1-4-8-13)19(20-23-25-26-24-20)18(14)27-9-5-2-6-10-27/h1,3-4,7-8,11-12H,2,5-6,9-10H2,(H,23,24,25,26). The molecule has 28 heavy (non-hydrogen) atoms. The molecule has 6 nitrogen and oxygen atoms in total. The van der Waals surface area contributed by atoms with Crippen LogP contribution in [0.1, 0.15) is 19.3 Å². The van der Waals surface area contributed by atoms with E-state index in [-0.39, 0.29) is 0 Å². The van der Waals surface area contributed by atoms with Crippen LogP contribution in [0.2, 0.25) is 10.0 Å². The molecule has 2 aromatic carbocycles. The van der Waals surface area contributed by atoms with Gasteiger partial charge in [-0.25, -0.2) is 5.10 Å². The maximum Gasteiger partial charge on any atom is 0.198 e. The summed E-state index contributed by atoms with van der Waals surface area (Å²) in [5.41, 5.74) is 4.01. The van der Waals surface area contributed by atoms with Gasteiger partial charge in [0.1, 0.15) is 5.69 Å². The van der Waals surface area contributed by atoms with Gasteiger partial charge >= 0.3 is 0 Å². The molecule has 0 spiro atoms. The smallest absolute Gasteiger partial charge is 0.198 e. The molecule has 0 atom stereocenters. The van der Waals surface area contributed by atoms with Gasteiger partial charge in [0.15, 0.2) is 5.82 Å². The maximum absolute atomic E-state index is 6.42. The molecule has 0 bridgehead atoms. The van der Waals surface area contributed by atoms with Gasteiger partial charge in [0.05, 0.1) is 21.2 Å². The largest absolute Gasteiger partial charge is 0.369 e. The van der Waals surface area contributed by atoms with Crippen molar-refractivity contribution in [3.8, 4) is 17.2 Å². The molecule has 5 rings (SSSR count). The van der Waals surface area contributed by atoms with Gasteiger partial charge in [-0.15, -0.1) is 5.10 Å². The maximum atomic E-state index is 6.42. The van der Waals surface area contributed by atoms with Crippen molar-refractivity contribution in [3.05, 3.63) is 52.5 Å². The second kappa shape index (κ2) is 7.11. The second-order valence-corrected chi connectivity index (χ2v) is 7.76. The summed E-state index contributed by atoms with van der Waals surface area (Å²) in [4.78, 5) is 2.41. The van der Waals surface area contributed by atoms with E-state index in [4.69, 9.17) is 23.2 Å². The lowest BCUT2D eigenvalue weighted by atomic mass is 10.1. The lowest BCUT2D eigenvalue weighted by molar-refractivity contribution is 0.579. The van der Waals surface area contributed by atoms with Crippen molar-refractivity contribution in [3.63, 3.8) is 0 Å². The lowest BCUT2D eigenvalue weighted by Gasteiger charge is -2.29. The van der Waals surface area contributed by atoms with Crippen LogP contribution in [0.25, 0.3) is 28.1 Å². The number of aromatic amines is 1. The Morgan fingerprint density at radius 1 is 0.929 bits per heavy atom. The minimum Gasteiger partial charge on any atom is -0.369 e. The molecular formula is C20H18Cl2N6. The zero-order valence-electron chi connectivity index (χ0n) is 15.1. The normalized spacial score (nSPS) is 14.7. The third kappa shape index (κ3) is 2.84. The topological polar surface area (TPSA) is 62.6 Å². The van der Waals surface area contributed by atoms with Crippen molar-refractivity contribution in [1.82, 2.24) is 25.2 Å². The van der Waals surface area contributed by atoms with E-state index >= 15 is 0 Å². The van der Waals surface area contributed by atoms with Crippen LogP contribution in [0.5, 0.6) is 0 Å². The van der Waals surface area contributed by atoms with Crippen LogP contribution in [-0.2, 0) is 0 Å². The molecule has 0 saturated carbocycles. The summed E-state index contributed by atoms with van der Waals surface area (Å²) in [7, 11) is 0. The number of tetrazole rings is 1. The Bertz CT molecular complexity index is 1120. The number of hydrogen-bond donors (Lipinski definition) is 1. The average Bonchev–Trinajstić information content (AvgIpc) is 3.36. The van der Waals surface area contributed by atoms with Gasteiger partial charge in [-0.1, -0.05) is 41.4 Å². The highest BCUT2D eigenvalue weighted by Gasteiger charge is 2.27. The van der Waals surface area contributed by atoms with Crippen molar-refractivity contribution in [2.24, 2.45) is 0 Å². The minimum atomic E-state index is 0.524. The molecule has 1 aliphatic heterocycles. The fraction of sp³-hybridized carbons (Fsp3) is 0.250. The first-order chi connectivity index (χ1) is 13.7. The van der Waals surface area contributed by atoms with E-state index in [9.17, 15) is 0 Å². The number of nitrogens with one attached hydrogen (secondary N) is 1. The van der Waals surface area contributed by atoms with E-state index in [1.54, 1.807) is 0 Å². The van der Waals surface area contributed by atoms with Crippen LogP contribution in [0, 0.1) is 0 Å². The molecule has 8 heteroatoms. The summed E-state index contributed by atoms with van der Waals surface area (Å²) < 4.78 is 2.16. The number of para-hydroxylation sites is 1. The molecular weight excluding hydrogens is 395 g/mol. The number of rotatable bonds is 3. The van der Waals surface area contributed by atoms with Gasteiger partial charge in [0, 0.05) is 24.2 Å². The minimum absolute atomic E-state index is 0.524. The van der Waals surface area contributed by atoms with Gasteiger partial charge in [-0.3, -0.25) is 0 Å². The Morgan fingerprint density at radius 3 is 2.39 bits per heavy atom. The highest BCUT2D eigenvalue weighted by atomic mass is 35.5. The van der Waals surface area contributed by atoms with Crippen molar-refractivity contribution >= 4 is 39.8 Å². The summed E-state index contributed by atoms with van der Waals surface area (Å²) in [5, 5.41) is 16.9. The Morgan fingerprint density at radius 2 is 1.68 bits per heavy atom. The summed E-state index contributed by atoms with van der Waals surface area (Å²) in [5.74, 6) is 0.618. The summed E-state index contributed by atoms with van der Waals surface area (Å²) in [6.45, 7) is 1.98. The highest BCUT2D eigenvalue weighted by Crippen LogP contribution is 2.44. The van der Waals surface area contributed by atoms with E-state index in [0.29, 0.717) is 15.9 Å². The number of halogens is 2. The van der Waals surface area contributed by atoms with Gasteiger partial charge in [0.25, 0.3) is 0 Å². The van der Waals surface area contributed by atoms with Gasteiger partial charge in [0.2, 0.25) is 0 Å². The van der Waals surface area contributed by atoms with Gasteiger partial charge in [-0.2, -0.15) is 0 Å². The number of aromatic nitrogens is 5. The van der Waals surface area contributed by atoms with Gasteiger partial charge < -0.3 is 9.47 Å². The number of hydrogen-bond acceptors (Lipinski definition) is 4. The SMILES string of the molecule is Clc1cc2c(N3CCCCC3)c(-c3nnn[nH]3)n(-c3ccccc3)c2cc1Cl. The summed E-state index contributed by atoms with van der Waals surface area (Å²) >= 11 is 12.8. The van der Waals surface area contributed by atoms with E-state index in [1.807, 2.05) is 30.3 Å². The molecule has 0 radical (unpaired) electrons. The first-order valence-electron chi connectivity index (χ1n) is 9.32. The van der Waals surface area contributed by atoms with E-state index < -0.39 is 0 Å². The van der Waals surface area contributed by atoms with Crippen molar-refractivity contribution < 1.29 is 0 Å². The number of piperidine rings is 1. The monoisotopic (exact) mass is 412 g/mol. The molecule has 0 aliphatic carbocycles. The Kier molecular flexibility index (Phi) is 4.45. The van der Waals surface area contributed by atoms with Crippen LogP contribution >= 0.6 is 23.2 Å². The first kappa shape index (κ1) is 17.5. The number of anilines is 1.